The molecule has 6 aromatic rings. The first-order valence-corrected chi connectivity index (χ1v) is 18.9. The van der Waals surface area contributed by atoms with Crippen LogP contribution in [0, 0.1) is 0 Å². The van der Waals surface area contributed by atoms with Gasteiger partial charge in [0.2, 0.25) is 5.91 Å². The lowest BCUT2D eigenvalue weighted by atomic mass is 9.99. The summed E-state index contributed by atoms with van der Waals surface area (Å²) in [7, 11) is -2.77. The zero-order valence-electron chi connectivity index (χ0n) is 28.5. The molecule has 0 spiro atoms. The summed E-state index contributed by atoms with van der Waals surface area (Å²) < 4.78 is 5.75. The van der Waals surface area contributed by atoms with Crippen molar-refractivity contribution in [2.45, 2.75) is 25.8 Å². The first kappa shape index (κ1) is 35.0. The van der Waals surface area contributed by atoms with Gasteiger partial charge < -0.3 is 5.32 Å². The largest absolute Gasteiger partial charge is 0.354 e. The van der Waals surface area contributed by atoms with E-state index in [0.29, 0.717) is 23.5 Å². The van der Waals surface area contributed by atoms with E-state index in [9.17, 15) is 14.4 Å². The van der Waals surface area contributed by atoms with Gasteiger partial charge in [-0.05, 0) is 24.6 Å². The summed E-state index contributed by atoms with van der Waals surface area (Å²) in [6, 6.07) is 54.4. The van der Waals surface area contributed by atoms with Crippen LogP contribution in [0.25, 0.3) is 0 Å². The van der Waals surface area contributed by atoms with Gasteiger partial charge in [0, 0.05) is 39.3 Å². The highest BCUT2D eigenvalue weighted by Gasteiger charge is 2.38. The average Bonchev–Trinajstić information content (AvgIpc) is 3.20. The summed E-state index contributed by atoms with van der Waals surface area (Å²) in [4.78, 5) is 44.3. The molecule has 0 saturated carbocycles. The van der Waals surface area contributed by atoms with E-state index in [1.54, 1.807) is 54.6 Å². The fraction of sp³-hybridized carbons (Fsp3) is 0.114. The molecule has 1 N–H and O–H groups in total. The quantitative estimate of drug-likeness (QED) is 0.0573. The van der Waals surface area contributed by atoms with Crippen LogP contribution >= 0.6 is 7.05 Å². The van der Waals surface area contributed by atoms with Crippen LogP contribution in [0.5, 0.6) is 0 Å². The van der Waals surface area contributed by atoms with Crippen molar-refractivity contribution in [3.8, 4) is 0 Å². The Morgan fingerprint density at radius 3 is 1.57 bits per heavy atom. The van der Waals surface area contributed by atoms with E-state index < -0.39 is 30.7 Å². The molecule has 0 saturated heterocycles. The van der Waals surface area contributed by atoms with Gasteiger partial charge in [-0.25, -0.2) is 0 Å². The molecule has 6 aromatic carbocycles. The number of hydrogen-bond donors (Lipinski definition) is 1. The standard InChI is InChI=1S/C44H40N3O3P/c1-2-3-33-45-43(49)41(47(35-23-11-5-12-24-35)44(50)42(48)34-21-9-4-10-22-34)39-31-19-20-32-40(39)46-51(36-25-13-6-14-26-36,37-27-15-7-16-28-37)38-29-17-8-18-30-38/h4-32,41H,2-3,33H2,1H3,(H,45,49). The molecule has 7 heteroatoms. The predicted molar refractivity (Wildman–Crippen MR) is 209 cm³/mol. The molecule has 2 amide bonds. The third kappa shape index (κ3) is 7.67. The van der Waals surface area contributed by atoms with Crippen molar-refractivity contribution in [3.63, 3.8) is 0 Å². The van der Waals surface area contributed by atoms with Gasteiger partial charge in [-0.2, -0.15) is 0 Å². The molecule has 1 unspecified atom stereocenters. The number of nitrogens with one attached hydrogen (secondary N) is 1. The fourth-order valence-electron chi connectivity index (χ4n) is 6.20. The minimum Gasteiger partial charge on any atom is -0.354 e. The van der Waals surface area contributed by atoms with Crippen LogP contribution in [0.2, 0.25) is 0 Å². The number of anilines is 1. The summed E-state index contributed by atoms with van der Waals surface area (Å²) in [5, 5.41) is 6.19. The van der Waals surface area contributed by atoms with Crippen molar-refractivity contribution in [2.75, 3.05) is 11.4 Å². The molecular weight excluding hydrogens is 649 g/mol. The van der Waals surface area contributed by atoms with Crippen LogP contribution in [0.1, 0.15) is 41.7 Å². The molecule has 0 aliphatic rings. The van der Waals surface area contributed by atoms with Crippen LogP contribution in [-0.2, 0) is 9.59 Å². The maximum Gasteiger partial charge on any atom is 0.300 e. The molecule has 0 fully saturated rings. The monoisotopic (exact) mass is 689 g/mol. The predicted octanol–water partition coefficient (Wildman–Crippen LogP) is 8.37. The second-order valence-corrected chi connectivity index (χ2v) is 15.1. The second kappa shape index (κ2) is 16.7. The molecule has 1 atom stereocenters. The minimum atomic E-state index is -2.77. The van der Waals surface area contributed by atoms with Crippen molar-refractivity contribution in [2.24, 2.45) is 4.74 Å². The number of benzene rings is 6. The zero-order valence-corrected chi connectivity index (χ0v) is 29.4. The number of rotatable bonds is 13. The minimum absolute atomic E-state index is 0.244. The normalized spacial score (nSPS) is 11.6. The molecule has 0 aliphatic heterocycles. The van der Waals surface area contributed by atoms with Crippen molar-refractivity contribution < 1.29 is 14.4 Å². The number of carbonyl (C=O) groups is 3. The summed E-state index contributed by atoms with van der Waals surface area (Å²) in [6.07, 6.45) is 1.64. The van der Waals surface area contributed by atoms with Crippen molar-refractivity contribution >= 4 is 51.9 Å². The Balaban J connectivity index is 1.65. The Bertz CT molecular complexity index is 2020. The molecule has 0 aromatic heterocycles. The Morgan fingerprint density at radius 1 is 0.608 bits per heavy atom. The summed E-state index contributed by atoms with van der Waals surface area (Å²) in [5.74, 6) is -1.92. The zero-order chi connectivity index (χ0) is 35.5. The highest BCUT2D eigenvalue weighted by atomic mass is 31.2. The molecular formula is C44H40N3O3P. The maximum atomic E-state index is 14.6. The van der Waals surface area contributed by atoms with Crippen molar-refractivity contribution in [1.82, 2.24) is 5.32 Å². The molecule has 254 valence electrons. The average molecular weight is 690 g/mol. The Kier molecular flexibility index (Phi) is 11.5. The summed E-state index contributed by atoms with van der Waals surface area (Å²) >= 11 is 0. The van der Waals surface area contributed by atoms with E-state index in [-0.39, 0.29) is 5.56 Å². The molecule has 0 bridgehead atoms. The number of Topliss-reactive ketones (excluding diaryl/α,β-unsaturated/α-hetero) is 1. The van der Waals surface area contributed by atoms with Gasteiger partial charge in [0.05, 0.1) is 12.7 Å². The molecule has 0 aliphatic carbocycles. The van der Waals surface area contributed by atoms with Gasteiger partial charge in [-0.3, -0.25) is 24.0 Å². The SMILES string of the molecule is CCCCNC(=O)C(c1ccccc1N=P(c1ccccc1)(c1ccccc1)c1ccccc1)N(C(=O)C(=O)c1ccccc1)c1ccccc1. The first-order chi connectivity index (χ1) is 25.0. The van der Waals surface area contributed by atoms with Crippen LogP contribution < -0.4 is 26.1 Å². The van der Waals surface area contributed by atoms with E-state index in [2.05, 4.69) is 48.6 Å². The third-order valence-electron chi connectivity index (χ3n) is 8.70. The number of unbranched alkanes of at least 4 members (excludes halogenated alkanes) is 1. The lowest BCUT2D eigenvalue weighted by Gasteiger charge is -2.32. The van der Waals surface area contributed by atoms with E-state index >= 15 is 0 Å². The van der Waals surface area contributed by atoms with Crippen LogP contribution in [-0.4, -0.2) is 24.1 Å². The van der Waals surface area contributed by atoms with Gasteiger partial charge in [0.15, 0.2) is 0 Å². The third-order valence-corrected chi connectivity index (χ3v) is 12.4. The number of amides is 2. The molecule has 6 rings (SSSR count). The highest BCUT2D eigenvalue weighted by Crippen LogP contribution is 2.50. The van der Waals surface area contributed by atoms with Crippen molar-refractivity contribution in [3.05, 3.63) is 187 Å². The van der Waals surface area contributed by atoms with E-state index in [0.717, 1.165) is 28.8 Å². The molecule has 6 nitrogen and oxygen atoms in total. The number of ketones is 1. The van der Waals surface area contributed by atoms with Gasteiger partial charge in [0.1, 0.15) is 6.04 Å². The molecule has 51 heavy (non-hydrogen) atoms. The lowest BCUT2D eigenvalue weighted by molar-refractivity contribution is -0.125. The molecule has 0 heterocycles. The number of hydrogen-bond acceptors (Lipinski definition) is 4. The van der Waals surface area contributed by atoms with Gasteiger partial charge in [-0.15, -0.1) is 0 Å². The van der Waals surface area contributed by atoms with Gasteiger partial charge in [-0.1, -0.05) is 171 Å². The van der Waals surface area contributed by atoms with E-state index in [1.165, 1.54) is 4.90 Å². The smallest absolute Gasteiger partial charge is 0.300 e. The number of carbonyl (C=O) groups excluding carboxylic acids is 3. The van der Waals surface area contributed by atoms with Crippen LogP contribution in [0.15, 0.2) is 181 Å². The molecule has 0 radical (unpaired) electrons. The van der Waals surface area contributed by atoms with Crippen LogP contribution in [0.4, 0.5) is 11.4 Å². The van der Waals surface area contributed by atoms with Crippen molar-refractivity contribution in [1.29, 1.82) is 0 Å². The highest BCUT2D eigenvalue weighted by molar-refractivity contribution is 7.87. The van der Waals surface area contributed by atoms with E-state index in [4.69, 9.17) is 4.74 Å². The lowest BCUT2D eigenvalue weighted by Crippen LogP contribution is -2.46. The Labute approximate surface area is 299 Å². The van der Waals surface area contributed by atoms with Gasteiger partial charge in [0.25, 0.3) is 11.7 Å². The second-order valence-electron chi connectivity index (χ2n) is 12.1. The first-order valence-electron chi connectivity index (χ1n) is 17.2. The summed E-state index contributed by atoms with van der Waals surface area (Å²) in [5.41, 5.74) is 1.73. The number of nitrogens with zero attached hydrogens (tertiary/aromatic N) is 2. The number of para-hydroxylation sites is 1. The Hall–Kier alpha value is -5.84. The summed E-state index contributed by atoms with van der Waals surface area (Å²) in [6.45, 7) is 2.47. The topological polar surface area (TPSA) is 78.8 Å². The maximum absolute atomic E-state index is 14.6. The van der Waals surface area contributed by atoms with Crippen LogP contribution in [0.3, 0.4) is 0 Å². The fourth-order valence-corrected chi connectivity index (χ4v) is 9.76. The van der Waals surface area contributed by atoms with Gasteiger partial charge >= 0.3 is 0 Å². The Morgan fingerprint density at radius 2 is 1.06 bits per heavy atom. The van der Waals surface area contributed by atoms with E-state index in [1.807, 2.05) is 84.9 Å².